The van der Waals surface area contributed by atoms with Gasteiger partial charge >= 0.3 is 5.97 Å². The fourth-order valence-electron chi connectivity index (χ4n) is 1.50. The summed E-state index contributed by atoms with van der Waals surface area (Å²) >= 11 is 0. The van der Waals surface area contributed by atoms with Crippen molar-refractivity contribution in [3.05, 3.63) is 0 Å². The van der Waals surface area contributed by atoms with Crippen molar-refractivity contribution in [1.29, 1.82) is 0 Å². The molecular weight excluding hydrogens is 216 g/mol. The number of hydrogen-bond acceptors (Lipinski definition) is 6. The van der Waals surface area contributed by atoms with E-state index in [0.717, 1.165) is 0 Å². The van der Waals surface area contributed by atoms with Crippen molar-refractivity contribution >= 4 is 5.97 Å². The normalized spacial score (nSPS) is 41.6. The van der Waals surface area contributed by atoms with Crippen molar-refractivity contribution in [2.45, 2.75) is 44.6 Å². The largest absolute Gasteiger partial charge is 0.425 e. The lowest BCUT2D eigenvalue weighted by molar-refractivity contribution is -0.410. The lowest BCUT2D eigenvalue weighted by Crippen LogP contribution is -2.65. The Bertz CT molecular complexity index is 278. The third kappa shape index (κ3) is 1.93. The first-order chi connectivity index (χ1) is 7.29. The molecule has 1 heterocycles. The predicted molar refractivity (Wildman–Crippen MR) is 53.5 cm³/mol. The highest BCUT2D eigenvalue weighted by Crippen LogP contribution is 2.37. The van der Waals surface area contributed by atoms with Gasteiger partial charge in [-0.15, -0.1) is 0 Å². The van der Waals surface area contributed by atoms with Crippen LogP contribution in [0.15, 0.2) is 0 Å². The molecule has 0 aromatic rings. The van der Waals surface area contributed by atoms with Crippen molar-refractivity contribution in [2.24, 2.45) is 0 Å². The smallest absolute Gasteiger partial charge is 0.340 e. The summed E-state index contributed by atoms with van der Waals surface area (Å²) in [5.74, 6) is -3.28. The fourth-order valence-corrected chi connectivity index (χ4v) is 1.50. The molecule has 0 radical (unpaired) electrons. The molecular formula is C10H18O6. The third-order valence-electron chi connectivity index (χ3n) is 2.92. The summed E-state index contributed by atoms with van der Waals surface area (Å²) < 4.78 is 20.9. The summed E-state index contributed by atoms with van der Waals surface area (Å²) in [6.45, 7) is 4.56. The first-order valence-electron chi connectivity index (χ1n) is 4.98. The second-order valence-corrected chi connectivity index (χ2v) is 4.00. The molecule has 0 bridgehead atoms. The highest BCUT2D eigenvalue weighted by atomic mass is 16.8. The Hall–Kier alpha value is -0.690. The van der Waals surface area contributed by atoms with E-state index in [-0.39, 0.29) is 0 Å². The molecule has 0 aromatic heterocycles. The molecule has 0 aliphatic carbocycles. The van der Waals surface area contributed by atoms with Gasteiger partial charge in [-0.3, -0.25) is 0 Å². The maximum atomic E-state index is 11.6. The zero-order valence-corrected chi connectivity index (χ0v) is 10.1. The molecule has 1 aliphatic heterocycles. The molecule has 0 aromatic carbocycles. The number of esters is 1. The molecule has 0 unspecified atom stereocenters. The highest BCUT2D eigenvalue weighted by Gasteiger charge is 2.58. The maximum Gasteiger partial charge on any atom is 0.340 e. The number of hydrogen-bond donors (Lipinski definition) is 1. The quantitative estimate of drug-likeness (QED) is 0.695. The number of aliphatic hydroxyl groups is 1. The topological polar surface area (TPSA) is 74.2 Å². The van der Waals surface area contributed by atoms with Crippen LogP contribution < -0.4 is 0 Å². The minimum Gasteiger partial charge on any atom is -0.425 e. The van der Waals surface area contributed by atoms with Crippen LogP contribution in [0.2, 0.25) is 0 Å². The molecule has 1 rings (SSSR count). The van der Waals surface area contributed by atoms with Gasteiger partial charge in [0.1, 0.15) is 0 Å². The van der Waals surface area contributed by atoms with E-state index in [0.29, 0.717) is 0 Å². The Morgan fingerprint density at radius 2 is 1.81 bits per heavy atom. The average molecular weight is 234 g/mol. The van der Waals surface area contributed by atoms with Crippen molar-refractivity contribution in [2.75, 3.05) is 14.2 Å². The Morgan fingerprint density at radius 3 is 2.19 bits per heavy atom. The van der Waals surface area contributed by atoms with Crippen molar-refractivity contribution < 1.29 is 28.8 Å². The van der Waals surface area contributed by atoms with E-state index < -0.39 is 29.8 Å². The molecule has 1 saturated heterocycles. The van der Waals surface area contributed by atoms with Crippen LogP contribution in [-0.2, 0) is 23.7 Å². The van der Waals surface area contributed by atoms with Gasteiger partial charge in [0.25, 0.3) is 5.79 Å². The van der Waals surface area contributed by atoms with Gasteiger partial charge in [0, 0.05) is 21.1 Å². The van der Waals surface area contributed by atoms with Gasteiger partial charge in [-0.2, -0.15) is 0 Å². The zero-order valence-electron chi connectivity index (χ0n) is 10.1. The lowest BCUT2D eigenvalue weighted by Gasteiger charge is -2.48. The van der Waals surface area contributed by atoms with E-state index in [4.69, 9.17) is 18.9 Å². The summed E-state index contributed by atoms with van der Waals surface area (Å²) in [6, 6.07) is 0. The minimum atomic E-state index is -1.34. The van der Waals surface area contributed by atoms with Crippen LogP contribution in [-0.4, -0.2) is 49.1 Å². The molecule has 0 saturated carbocycles. The number of methoxy groups -OCH3 is 2. The minimum absolute atomic E-state index is 0.672. The molecule has 6 nitrogen and oxygen atoms in total. The standard InChI is InChI=1S/C10H18O6/c1-6(11)7-8(12)16-10(3,14-5)9(2,13-4)15-7/h6-7,11H,1-5H3/t6-,7+,9-,10-/m0/s1. The number of ether oxygens (including phenoxy) is 4. The zero-order chi connectivity index (χ0) is 12.6. The van der Waals surface area contributed by atoms with E-state index in [9.17, 15) is 9.90 Å². The fraction of sp³-hybridized carbons (Fsp3) is 0.900. The van der Waals surface area contributed by atoms with Gasteiger partial charge < -0.3 is 24.1 Å². The Balaban J connectivity index is 3.01. The highest BCUT2D eigenvalue weighted by molar-refractivity contribution is 5.76. The van der Waals surface area contributed by atoms with Gasteiger partial charge in [0.05, 0.1) is 6.10 Å². The van der Waals surface area contributed by atoms with Gasteiger partial charge in [0.2, 0.25) is 5.79 Å². The average Bonchev–Trinajstić information content (AvgIpc) is 2.23. The summed E-state index contributed by atoms with van der Waals surface area (Å²) in [7, 11) is 2.80. The molecule has 4 atom stereocenters. The van der Waals surface area contributed by atoms with E-state index in [2.05, 4.69) is 0 Å². The Labute approximate surface area is 94.4 Å². The third-order valence-corrected chi connectivity index (χ3v) is 2.92. The Kier molecular flexibility index (Phi) is 3.59. The molecule has 6 heteroatoms. The van der Waals surface area contributed by atoms with Crippen LogP contribution in [0.4, 0.5) is 0 Å². The Morgan fingerprint density at radius 1 is 1.31 bits per heavy atom. The molecule has 16 heavy (non-hydrogen) atoms. The second-order valence-electron chi connectivity index (χ2n) is 4.00. The summed E-state index contributed by atoms with van der Waals surface area (Å²) in [4.78, 5) is 11.6. The van der Waals surface area contributed by atoms with Gasteiger partial charge in [-0.25, -0.2) is 4.79 Å². The first kappa shape index (κ1) is 13.4. The molecule has 1 fully saturated rings. The van der Waals surface area contributed by atoms with E-state index in [1.54, 1.807) is 6.92 Å². The monoisotopic (exact) mass is 234 g/mol. The summed E-state index contributed by atoms with van der Waals surface area (Å²) in [5.41, 5.74) is 0. The summed E-state index contributed by atoms with van der Waals surface area (Å²) in [5, 5.41) is 9.40. The van der Waals surface area contributed by atoms with Crippen LogP contribution in [0.5, 0.6) is 0 Å². The van der Waals surface area contributed by atoms with Gasteiger partial charge in [-0.1, -0.05) is 0 Å². The molecule has 94 valence electrons. The SMILES string of the molecule is CO[C@@]1(C)OC(=O)[C@@H]([C@H](C)O)O[C@]1(C)OC. The number of carbonyl (C=O) groups excluding carboxylic acids is 1. The molecule has 0 amide bonds. The number of cyclic esters (lactones) is 1. The maximum absolute atomic E-state index is 11.6. The molecule has 1 N–H and O–H groups in total. The van der Waals surface area contributed by atoms with Crippen molar-refractivity contribution in [1.82, 2.24) is 0 Å². The van der Waals surface area contributed by atoms with Crippen molar-refractivity contribution in [3.63, 3.8) is 0 Å². The predicted octanol–water partition coefficient (Wildman–Crippen LogP) is 0.0344. The number of carbonyl (C=O) groups is 1. The van der Waals surface area contributed by atoms with Gasteiger partial charge in [-0.05, 0) is 13.8 Å². The van der Waals surface area contributed by atoms with Crippen LogP contribution >= 0.6 is 0 Å². The van der Waals surface area contributed by atoms with E-state index in [1.807, 2.05) is 0 Å². The second kappa shape index (κ2) is 4.29. The van der Waals surface area contributed by atoms with E-state index in [1.165, 1.54) is 28.1 Å². The molecule has 0 spiro atoms. The van der Waals surface area contributed by atoms with Crippen LogP contribution in [0, 0.1) is 0 Å². The van der Waals surface area contributed by atoms with Gasteiger partial charge in [0.15, 0.2) is 6.10 Å². The summed E-state index contributed by atoms with van der Waals surface area (Å²) in [6.07, 6.45) is -2.06. The van der Waals surface area contributed by atoms with Crippen LogP contribution in [0.25, 0.3) is 0 Å². The number of rotatable bonds is 3. The van der Waals surface area contributed by atoms with E-state index >= 15 is 0 Å². The molecule has 1 aliphatic rings. The first-order valence-corrected chi connectivity index (χ1v) is 4.98. The number of aliphatic hydroxyl groups excluding tert-OH is 1. The van der Waals surface area contributed by atoms with Crippen LogP contribution in [0.1, 0.15) is 20.8 Å². The van der Waals surface area contributed by atoms with Crippen LogP contribution in [0.3, 0.4) is 0 Å². The lowest BCUT2D eigenvalue weighted by atomic mass is 10.1. The van der Waals surface area contributed by atoms with Crippen molar-refractivity contribution in [3.8, 4) is 0 Å².